The molecule has 1 aromatic heterocycles. The van der Waals surface area contributed by atoms with Crippen LogP contribution in [0.4, 0.5) is 17.2 Å². The predicted molar refractivity (Wildman–Crippen MR) is 102 cm³/mol. The lowest BCUT2D eigenvalue weighted by molar-refractivity contribution is -0.389. The molecule has 0 aliphatic carbocycles. The lowest BCUT2D eigenvalue weighted by Crippen LogP contribution is -2.18. The van der Waals surface area contributed by atoms with E-state index in [9.17, 15) is 25.0 Å². The molecule has 1 heterocycles. The first kappa shape index (κ1) is 19.8. The average molecular weight is 418 g/mol. The van der Waals surface area contributed by atoms with E-state index in [-0.39, 0.29) is 23.7 Å². The Kier molecular flexibility index (Phi) is 5.69. The monoisotopic (exact) mass is 417 g/mol. The van der Waals surface area contributed by atoms with Crippen LogP contribution in [0.15, 0.2) is 55.0 Å². The molecular weight excluding hydrogens is 406 g/mol. The highest BCUT2D eigenvalue weighted by Crippen LogP contribution is 2.30. The van der Waals surface area contributed by atoms with Gasteiger partial charge in [0.2, 0.25) is 12.2 Å². The molecule has 29 heavy (non-hydrogen) atoms. The molecule has 11 nitrogen and oxygen atoms in total. The van der Waals surface area contributed by atoms with Gasteiger partial charge in [-0.15, -0.1) is 0 Å². The van der Waals surface area contributed by atoms with Gasteiger partial charge in [0.1, 0.15) is 24.2 Å². The maximum atomic E-state index is 12.2. The van der Waals surface area contributed by atoms with Crippen LogP contribution in [0.5, 0.6) is 11.5 Å². The molecule has 3 aromatic rings. The van der Waals surface area contributed by atoms with E-state index in [1.165, 1.54) is 28.8 Å². The van der Waals surface area contributed by atoms with E-state index >= 15 is 0 Å². The van der Waals surface area contributed by atoms with Gasteiger partial charge in [-0.25, -0.2) is 0 Å². The Labute approximate surface area is 167 Å². The molecule has 1 N–H and O–H groups in total. The molecule has 0 atom stereocenters. The minimum Gasteiger partial charge on any atom is -0.457 e. The maximum Gasteiger partial charge on any atom is 0.381 e. The number of aromatic nitrogens is 2. The van der Waals surface area contributed by atoms with Crippen molar-refractivity contribution in [2.75, 3.05) is 5.32 Å². The van der Waals surface area contributed by atoms with Crippen LogP contribution in [0.3, 0.4) is 0 Å². The Bertz CT molecular complexity index is 1100. The van der Waals surface area contributed by atoms with Gasteiger partial charge in [0.15, 0.2) is 0 Å². The molecule has 0 aliphatic heterocycles. The number of halogens is 1. The van der Waals surface area contributed by atoms with Crippen LogP contribution in [0.1, 0.15) is 0 Å². The lowest BCUT2D eigenvalue weighted by atomic mass is 10.2. The Hall–Kier alpha value is -3.99. The minimum atomic E-state index is -0.686. The van der Waals surface area contributed by atoms with E-state index in [0.717, 1.165) is 12.5 Å². The molecule has 0 saturated heterocycles. The van der Waals surface area contributed by atoms with E-state index in [0.29, 0.717) is 10.8 Å². The molecule has 0 unspecified atom stereocenters. The molecule has 2 aromatic carbocycles. The fourth-order valence-corrected chi connectivity index (χ4v) is 2.56. The number of carbonyl (C=O) groups excluding carboxylic acids is 1. The standard InChI is InChI=1S/C17H12ClN5O6/c18-11-2-1-3-14(4-11)29-15-6-12(5-13(7-15)22(25)26)20-17(24)9-21-8-16(19-10-21)23(27)28/h1-8,10H,9H2,(H,20,24). The van der Waals surface area contributed by atoms with E-state index in [1.54, 1.807) is 18.2 Å². The van der Waals surface area contributed by atoms with Gasteiger partial charge in [0, 0.05) is 17.2 Å². The molecule has 0 radical (unpaired) electrons. The van der Waals surface area contributed by atoms with E-state index < -0.39 is 21.6 Å². The summed E-state index contributed by atoms with van der Waals surface area (Å²) in [6.45, 7) is -0.270. The number of rotatable bonds is 7. The van der Waals surface area contributed by atoms with Gasteiger partial charge in [-0.05, 0) is 28.1 Å². The first-order chi connectivity index (χ1) is 13.8. The number of nitrogens with zero attached hydrogens (tertiary/aromatic N) is 4. The Morgan fingerprint density at radius 1 is 1.14 bits per heavy atom. The summed E-state index contributed by atoms with van der Waals surface area (Å²) in [6, 6.07) is 10.2. The summed E-state index contributed by atoms with van der Waals surface area (Å²) in [4.78, 5) is 36.3. The van der Waals surface area contributed by atoms with Crippen LogP contribution in [0.25, 0.3) is 0 Å². The zero-order valence-electron chi connectivity index (χ0n) is 14.5. The third-order valence-corrected chi connectivity index (χ3v) is 3.79. The van der Waals surface area contributed by atoms with E-state index in [1.807, 2.05) is 0 Å². The van der Waals surface area contributed by atoms with Crippen LogP contribution >= 0.6 is 11.6 Å². The minimum absolute atomic E-state index is 0.120. The van der Waals surface area contributed by atoms with Crippen molar-refractivity contribution in [1.82, 2.24) is 9.55 Å². The number of benzene rings is 2. The topological polar surface area (TPSA) is 142 Å². The van der Waals surface area contributed by atoms with Gasteiger partial charge in [0.05, 0.1) is 16.7 Å². The third-order valence-electron chi connectivity index (χ3n) is 3.55. The molecular formula is C17H12ClN5O6. The number of anilines is 1. The molecule has 12 heteroatoms. The summed E-state index contributed by atoms with van der Waals surface area (Å²) in [5, 5.41) is 24.8. The SMILES string of the molecule is O=C(Cn1cnc([N+](=O)[O-])c1)Nc1cc(Oc2cccc(Cl)c2)cc([N+](=O)[O-])c1. The Morgan fingerprint density at radius 2 is 1.93 bits per heavy atom. The zero-order chi connectivity index (χ0) is 21.0. The van der Waals surface area contributed by atoms with Crippen LogP contribution < -0.4 is 10.1 Å². The smallest absolute Gasteiger partial charge is 0.381 e. The molecule has 148 valence electrons. The second-order valence-electron chi connectivity index (χ2n) is 5.74. The predicted octanol–water partition coefficient (Wildman–Crippen LogP) is 3.78. The van der Waals surface area contributed by atoms with Crippen molar-refractivity contribution in [2.24, 2.45) is 0 Å². The summed E-state index contributed by atoms with van der Waals surface area (Å²) < 4.78 is 6.81. The largest absolute Gasteiger partial charge is 0.457 e. The summed E-state index contributed by atoms with van der Waals surface area (Å²) in [6.07, 6.45) is 2.24. The van der Waals surface area contributed by atoms with Crippen LogP contribution in [0.2, 0.25) is 5.02 Å². The quantitative estimate of drug-likeness (QED) is 0.455. The number of nitrogens with one attached hydrogen (secondary N) is 1. The van der Waals surface area contributed by atoms with Crippen LogP contribution in [0, 0.1) is 20.2 Å². The summed E-state index contributed by atoms with van der Waals surface area (Å²) in [7, 11) is 0. The lowest BCUT2D eigenvalue weighted by Gasteiger charge is -2.10. The van der Waals surface area contributed by atoms with E-state index in [2.05, 4.69) is 10.3 Å². The van der Waals surface area contributed by atoms with Crippen molar-refractivity contribution in [2.45, 2.75) is 6.54 Å². The molecule has 0 saturated carbocycles. The number of non-ortho nitro benzene ring substituents is 1. The molecule has 0 spiro atoms. The number of carbonyl (C=O) groups is 1. The average Bonchev–Trinajstić information content (AvgIpc) is 3.10. The Morgan fingerprint density at radius 3 is 2.59 bits per heavy atom. The number of hydrogen-bond donors (Lipinski definition) is 1. The highest BCUT2D eigenvalue weighted by Gasteiger charge is 2.15. The van der Waals surface area contributed by atoms with Crippen LogP contribution in [-0.4, -0.2) is 25.3 Å². The fourth-order valence-electron chi connectivity index (χ4n) is 2.38. The third kappa shape index (κ3) is 5.26. The van der Waals surface area contributed by atoms with Gasteiger partial charge in [0.25, 0.3) is 5.69 Å². The van der Waals surface area contributed by atoms with Crippen molar-refractivity contribution in [3.8, 4) is 11.5 Å². The van der Waals surface area contributed by atoms with Crippen molar-refractivity contribution in [3.63, 3.8) is 0 Å². The van der Waals surface area contributed by atoms with Crippen molar-refractivity contribution in [3.05, 3.63) is 80.2 Å². The van der Waals surface area contributed by atoms with E-state index in [4.69, 9.17) is 16.3 Å². The second kappa shape index (κ2) is 8.35. The fraction of sp³-hybridized carbons (Fsp3) is 0.0588. The van der Waals surface area contributed by atoms with Crippen molar-refractivity contribution >= 4 is 34.7 Å². The normalized spacial score (nSPS) is 10.4. The first-order valence-electron chi connectivity index (χ1n) is 7.99. The number of amides is 1. The molecule has 0 aliphatic rings. The molecule has 0 bridgehead atoms. The number of hydrogen-bond acceptors (Lipinski definition) is 7. The van der Waals surface area contributed by atoms with Gasteiger partial charge >= 0.3 is 5.82 Å². The van der Waals surface area contributed by atoms with Crippen molar-refractivity contribution in [1.29, 1.82) is 0 Å². The second-order valence-corrected chi connectivity index (χ2v) is 6.18. The number of imidazole rings is 1. The molecule has 1 amide bonds. The van der Waals surface area contributed by atoms with Crippen LogP contribution in [-0.2, 0) is 11.3 Å². The molecule has 3 rings (SSSR count). The van der Waals surface area contributed by atoms with Gasteiger partial charge in [-0.3, -0.25) is 14.9 Å². The summed E-state index contributed by atoms with van der Waals surface area (Å²) in [5.41, 5.74) is -0.172. The van der Waals surface area contributed by atoms with Gasteiger partial charge in [-0.1, -0.05) is 17.7 Å². The number of nitro benzene ring substituents is 1. The Balaban J connectivity index is 1.78. The number of ether oxygens (including phenoxy) is 1. The highest BCUT2D eigenvalue weighted by atomic mass is 35.5. The van der Waals surface area contributed by atoms with Gasteiger partial charge in [-0.2, -0.15) is 0 Å². The maximum absolute atomic E-state index is 12.2. The highest BCUT2D eigenvalue weighted by molar-refractivity contribution is 6.30. The first-order valence-corrected chi connectivity index (χ1v) is 8.37. The summed E-state index contributed by atoms with van der Waals surface area (Å²) in [5.74, 6) is -0.479. The number of nitro groups is 2. The van der Waals surface area contributed by atoms with Crippen molar-refractivity contribution < 1.29 is 19.4 Å². The van der Waals surface area contributed by atoms with Gasteiger partial charge < -0.3 is 24.7 Å². The molecule has 0 fully saturated rings. The summed E-state index contributed by atoms with van der Waals surface area (Å²) >= 11 is 5.90. The zero-order valence-corrected chi connectivity index (χ0v) is 15.3.